The van der Waals surface area contributed by atoms with Crippen LogP contribution in [-0.4, -0.2) is 48.3 Å². The number of benzene rings is 3. The second kappa shape index (κ2) is 11.3. The number of piperidine rings is 1. The SMILES string of the molecule is COc1cccc(C2CC(c3ccc(C)cc3C)=NN2C(=O)CN2CCC(Cc3ccccc3)CC2)c1. The van der Waals surface area contributed by atoms with Gasteiger partial charge < -0.3 is 4.74 Å². The summed E-state index contributed by atoms with van der Waals surface area (Å²) in [4.78, 5) is 16.0. The van der Waals surface area contributed by atoms with Gasteiger partial charge in [0.05, 0.1) is 25.4 Å². The molecule has 0 aliphatic carbocycles. The number of hydrogen-bond acceptors (Lipinski definition) is 4. The predicted octanol–water partition coefficient (Wildman–Crippen LogP) is 5.94. The van der Waals surface area contributed by atoms with E-state index in [1.807, 2.05) is 18.2 Å². The van der Waals surface area contributed by atoms with Crippen LogP contribution in [0.15, 0.2) is 77.9 Å². The summed E-state index contributed by atoms with van der Waals surface area (Å²) in [5.74, 6) is 1.54. The maximum Gasteiger partial charge on any atom is 0.257 e. The van der Waals surface area contributed by atoms with E-state index < -0.39 is 0 Å². The van der Waals surface area contributed by atoms with Gasteiger partial charge in [-0.25, -0.2) is 5.01 Å². The molecule has 2 aliphatic heterocycles. The average Bonchev–Trinajstić information content (AvgIpc) is 3.36. The number of methoxy groups -OCH3 is 1. The molecule has 1 unspecified atom stereocenters. The van der Waals surface area contributed by atoms with Crippen LogP contribution in [0.3, 0.4) is 0 Å². The Hall–Kier alpha value is -3.44. The van der Waals surface area contributed by atoms with Crippen LogP contribution in [0, 0.1) is 19.8 Å². The summed E-state index contributed by atoms with van der Waals surface area (Å²) in [5, 5.41) is 6.67. The molecule has 1 atom stereocenters. The van der Waals surface area contributed by atoms with Gasteiger partial charge in [0.2, 0.25) is 0 Å². The van der Waals surface area contributed by atoms with Crippen LogP contribution < -0.4 is 4.74 Å². The number of carbonyl (C=O) groups is 1. The lowest BCUT2D eigenvalue weighted by molar-refractivity contribution is -0.134. The Morgan fingerprint density at radius 2 is 1.76 bits per heavy atom. The van der Waals surface area contributed by atoms with Crippen molar-refractivity contribution in [2.24, 2.45) is 11.0 Å². The molecule has 2 heterocycles. The lowest BCUT2D eigenvalue weighted by atomic mass is 9.90. The highest BCUT2D eigenvalue weighted by molar-refractivity contribution is 6.04. The zero-order chi connectivity index (χ0) is 25.8. The van der Waals surface area contributed by atoms with E-state index in [2.05, 4.69) is 73.3 Å². The zero-order valence-corrected chi connectivity index (χ0v) is 22.2. The molecular weight excluding hydrogens is 458 g/mol. The van der Waals surface area contributed by atoms with Crippen LogP contribution in [-0.2, 0) is 11.2 Å². The van der Waals surface area contributed by atoms with Gasteiger partial charge in [-0.1, -0.05) is 66.2 Å². The highest BCUT2D eigenvalue weighted by Crippen LogP contribution is 2.35. The summed E-state index contributed by atoms with van der Waals surface area (Å²) in [6, 6.07) is 25.1. The Kier molecular flexibility index (Phi) is 7.71. The van der Waals surface area contributed by atoms with Crippen LogP contribution >= 0.6 is 0 Å². The van der Waals surface area contributed by atoms with Gasteiger partial charge in [0.1, 0.15) is 5.75 Å². The maximum absolute atomic E-state index is 13.7. The normalized spacial score (nSPS) is 18.6. The van der Waals surface area contributed by atoms with Crippen molar-refractivity contribution < 1.29 is 9.53 Å². The van der Waals surface area contributed by atoms with Gasteiger partial charge in [-0.05, 0) is 80.9 Å². The van der Waals surface area contributed by atoms with Gasteiger partial charge >= 0.3 is 0 Å². The van der Waals surface area contributed by atoms with Crippen molar-refractivity contribution in [3.8, 4) is 5.75 Å². The molecule has 2 aliphatic rings. The second-order valence-corrected chi connectivity index (χ2v) is 10.5. The van der Waals surface area contributed by atoms with E-state index in [4.69, 9.17) is 9.84 Å². The summed E-state index contributed by atoms with van der Waals surface area (Å²) in [5.41, 5.74) is 6.97. The van der Waals surface area contributed by atoms with Crippen molar-refractivity contribution in [2.45, 2.75) is 45.6 Å². The third kappa shape index (κ3) is 5.94. The van der Waals surface area contributed by atoms with E-state index in [0.29, 0.717) is 18.9 Å². The number of hydrogen-bond donors (Lipinski definition) is 0. The van der Waals surface area contributed by atoms with Crippen LogP contribution in [0.5, 0.6) is 5.75 Å². The maximum atomic E-state index is 13.7. The van der Waals surface area contributed by atoms with E-state index in [1.165, 1.54) is 16.7 Å². The molecule has 3 aromatic rings. The van der Waals surface area contributed by atoms with Crippen LogP contribution in [0.2, 0.25) is 0 Å². The van der Waals surface area contributed by atoms with Crippen LogP contribution in [0.4, 0.5) is 0 Å². The number of nitrogens with zero attached hydrogens (tertiary/aromatic N) is 3. The first-order chi connectivity index (χ1) is 18.0. The minimum absolute atomic E-state index is 0.0640. The Balaban J connectivity index is 1.30. The minimum atomic E-state index is -0.131. The van der Waals surface area contributed by atoms with Crippen LogP contribution in [0.25, 0.3) is 0 Å². The number of carbonyl (C=O) groups excluding carboxylic acids is 1. The second-order valence-electron chi connectivity index (χ2n) is 10.5. The monoisotopic (exact) mass is 495 g/mol. The topological polar surface area (TPSA) is 45.1 Å². The van der Waals surface area contributed by atoms with E-state index in [1.54, 1.807) is 12.1 Å². The molecule has 192 valence electrons. The van der Waals surface area contributed by atoms with Gasteiger partial charge in [0.15, 0.2) is 0 Å². The number of amides is 1. The largest absolute Gasteiger partial charge is 0.497 e. The molecule has 0 aromatic heterocycles. The zero-order valence-electron chi connectivity index (χ0n) is 22.2. The fourth-order valence-electron chi connectivity index (χ4n) is 5.71. The van der Waals surface area contributed by atoms with Crippen molar-refractivity contribution in [3.63, 3.8) is 0 Å². The van der Waals surface area contributed by atoms with Crippen molar-refractivity contribution >= 4 is 11.6 Å². The molecule has 1 saturated heterocycles. The summed E-state index contributed by atoms with van der Waals surface area (Å²) in [6.07, 6.45) is 4.06. The highest BCUT2D eigenvalue weighted by atomic mass is 16.5. The lowest BCUT2D eigenvalue weighted by Gasteiger charge is -2.33. The first-order valence-electron chi connectivity index (χ1n) is 13.4. The van der Waals surface area contributed by atoms with Gasteiger partial charge in [-0.2, -0.15) is 5.10 Å². The number of aryl methyl sites for hydroxylation is 2. The van der Waals surface area contributed by atoms with Crippen molar-refractivity contribution in [3.05, 3.63) is 101 Å². The molecule has 5 heteroatoms. The smallest absolute Gasteiger partial charge is 0.257 e. The first-order valence-corrected chi connectivity index (χ1v) is 13.4. The molecule has 0 N–H and O–H groups in total. The Labute approximate surface area is 220 Å². The van der Waals surface area contributed by atoms with E-state index in [0.717, 1.165) is 54.9 Å². The number of likely N-dealkylation sites (tertiary alicyclic amines) is 1. The van der Waals surface area contributed by atoms with Crippen molar-refractivity contribution in [1.29, 1.82) is 0 Å². The molecule has 0 radical (unpaired) electrons. The van der Waals surface area contributed by atoms with E-state index in [-0.39, 0.29) is 11.9 Å². The van der Waals surface area contributed by atoms with Gasteiger partial charge in [0, 0.05) is 12.0 Å². The molecule has 0 saturated carbocycles. The molecule has 1 amide bonds. The lowest BCUT2D eigenvalue weighted by Crippen LogP contribution is -2.42. The molecule has 5 rings (SSSR count). The number of ether oxygens (including phenoxy) is 1. The Bertz CT molecular complexity index is 1260. The van der Waals surface area contributed by atoms with Crippen molar-refractivity contribution in [2.75, 3.05) is 26.7 Å². The van der Waals surface area contributed by atoms with Crippen molar-refractivity contribution in [1.82, 2.24) is 9.91 Å². The fraction of sp³-hybridized carbons (Fsp3) is 0.375. The fourth-order valence-corrected chi connectivity index (χ4v) is 5.71. The summed E-state index contributed by atoms with van der Waals surface area (Å²) in [6.45, 7) is 6.53. The van der Waals surface area contributed by atoms with E-state index in [9.17, 15) is 4.79 Å². The molecule has 3 aromatic carbocycles. The standard InChI is InChI=1S/C32H37N3O2/c1-23-12-13-29(24(2)18-23)30-21-31(27-10-7-11-28(20-27)37-3)35(33-30)32(36)22-34-16-14-26(15-17-34)19-25-8-5-4-6-9-25/h4-13,18,20,26,31H,14-17,19,21-22H2,1-3H3. The quantitative estimate of drug-likeness (QED) is 0.407. The molecule has 0 bridgehead atoms. The van der Waals surface area contributed by atoms with Gasteiger partial charge in [0.25, 0.3) is 5.91 Å². The summed E-state index contributed by atoms with van der Waals surface area (Å²) < 4.78 is 5.48. The average molecular weight is 496 g/mol. The third-order valence-corrected chi connectivity index (χ3v) is 7.77. The summed E-state index contributed by atoms with van der Waals surface area (Å²) >= 11 is 0. The molecular formula is C32H37N3O2. The Morgan fingerprint density at radius 3 is 2.49 bits per heavy atom. The molecule has 0 spiro atoms. The molecule has 37 heavy (non-hydrogen) atoms. The van der Waals surface area contributed by atoms with Gasteiger partial charge in [-0.3, -0.25) is 9.69 Å². The minimum Gasteiger partial charge on any atom is -0.497 e. The first kappa shape index (κ1) is 25.2. The van der Waals surface area contributed by atoms with Gasteiger partial charge in [-0.15, -0.1) is 0 Å². The number of rotatable bonds is 7. The molecule has 1 fully saturated rings. The van der Waals surface area contributed by atoms with Crippen LogP contribution in [0.1, 0.15) is 53.1 Å². The van der Waals surface area contributed by atoms with E-state index >= 15 is 0 Å². The summed E-state index contributed by atoms with van der Waals surface area (Å²) in [7, 11) is 1.68. The number of hydrazone groups is 1. The predicted molar refractivity (Wildman–Crippen MR) is 149 cm³/mol. The third-order valence-electron chi connectivity index (χ3n) is 7.77. The Morgan fingerprint density at radius 1 is 0.973 bits per heavy atom. The highest BCUT2D eigenvalue weighted by Gasteiger charge is 2.35. The molecule has 5 nitrogen and oxygen atoms in total.